The van der Waals surface area contributed by atoms with Crippen LogP contribution in [0.25, 0.3) is 0 Å². The van der Waals surface area contributed by atoms with Gasteiger partial charge in [-0.1, -0.05) is 5.21 Å². The van der Waals surface area contributed by atoms with E-state index in [0.717, 1.165) is 5.69 Å². The molecule has 1 aromatic heterocycles. The zero-order chi connectivity index (χ0) is 14.6. The Balaban J connectivity index is 2.61. The summed E-state index contributed by atoms with van der Waals surface area (Å²) in [7, 11) is 0. The number of hydrogen-bond acceptors (Lipinski definition) is 4. The average Bonchev–Trinajstić information content (AvgIpc) is 2.72. The van der Waals surface area contributed by atoms with E-state index < -0.39 is 0 Å². The van der Waals surface area contributed by atoms with Crippen molar-refractivity contribution >= 4 is 5.91 Å². The fourth-order valence-corrected chi connectivity index (χ4v) is 1.46. The maximum Gasteiger partial charge on any atom is 0.244 e. The molecule has 1 unspecified atom stereocenters. The standard InChI is InChI=1S/C13H25N5O/c1-9(2)15-12(19)10(3)18-8-11(16-17-18)7-14-13(4,5)6/h8-10,14H,7H2,1-6H3,(H,15,19). The second kappa shape index (κ2) is 6.14. The highest BCUT2D eigenvalue weighted by atomic mass is 16.2. The highest BCUT2D eigenvalue weighted by Gasteiger charge is 2.17. The Hall–Kier alpha value is -1.43. The van der Waals surface area contributed by atoms with Gasteiger partial charge in [-0.2, -0.15) is 0 Å². The number of nitrogens with one attached hydrogen (secondary N) is 2. The predicted molar refractivity (Wildman–Crippen MR) is 74.6 cm³/mol. The highest BCUT2D eigenvalue weighted by molar-refractivity contribution is 5.79. The lowest BCUT2D eigenvalue weighted by Gasteiger charge is -2.19. The molecule has 0 fully saturated rings. The molecular weight excluding hydrogens is 242 g/mol. The minimum atomic E-state index is -0.349. The Morgan fingerprint density at radius 2 is 2.00 bits per heavy atom. The second-order valence-corrected chi connectivity index (χ2v) is 6.13. The van der Waals surface area contributed by atoms with E-state index in [9.17, 15) is 4.79 Å². The van der Waals surface area contributed by atoms with E-state index in [2.05, 4.69) is 41.7 Å². The van der Waals surface area contributed by atoms with Crippen LogP contribution in [0, 0.1) is 0 Å². The van der Waals surface area contributed by atoms with Gasteiger partial charge in [0.05, 0.1) is 11.9 Å². The molecule has 0 spiro atoms. The molecule has 0 aliphatic heterocycles. The Morgan fingerprint density at radius 3 is 2.53 bits per heavy atom. The van der Waals surface area contributed by atoms with Gasteiger partial charge in [0.25, 0.3) is 0 Å². The van der Waals surface area contributed by atoms with Crippen molar-refractivity contribution in [3.05, 3.63) is 11.9 Å². The van der Waals surface area contributed by atoms with Crippen LogP contribution in [0.3, 0.4) is 0 Å². The molecule has 1 atom stereocenters. The summed E-state index contributed by atoms with van der Waals surface area (Å²) < 4.78 is 1.59. The lowest BCUT2D eigenvalue weighted by atomic mass is 10.1. The van der Waals surface area contributed by atoms with Crippen LogP contribution in [0.2, 0.25) is 0 Å². The number of carbonyl (C=O) groups excluding carboxylic acids is 1. The number of aromatic nitrogens is 3. The summed E-state index contributed by atoms with van der Waals surface area (Å²) in [6, 6.07) is -0.223. The second-order valence-electron chi connectivity index (χ2n) is 6.13. The van der Waals surface area contributed by atoms with E-state index in [0.29, 0.717) is 6.54 Å². The summed E-state index contributed by atoms with van der Waals surface area (Å²) in [6.45, 7) is 12.6. The van der Waals surface area contributed by atoms with Gasteiger partial charge >= 0.3 is 0 Å². The van der Waals surface area contributed by atoms with Crippen molar-refractivity contribution in [3.8, 4) is 0 Å². The Morgan fingerprint density at radius 1 is 1.37 bits per heavy atom. The molecule has 19 heavy (non-hydrogen) atoms. The van der Waals surface area contributed by atoms with E-state index in [1.165, 1.54) is 0 Å². The van der Waals surface area contributed by atoms with E-state index in [4.69, 9.17) is 0 Å². The third-order valence-corrected chi connectivity index (χ3v) is 2.56. The molecule has 0 aliphatic carbocycles. The Labute approximate surface area is 115 Å². The molecule has 0 aliphatic rings. The Kier molecular flexibility index (Phi) is 5.05. The summed E-state index contributed by atoms with van der Waals surface area (Å²) in [5.41, 5.74) is 0.865. The predicted octanol–water partition coefficient (Wildman–Crippen LogP) is 1.25. The first kappa shape index (κ1) is 15.6. The van der Waals surface area contributed by atoms with E-state index >= 15 is 0 Å². The van der Waals surface area contributed by atoms with Crippen LogP contribution in [0.1, 0.15) is 53.3 Å². The summed E-state index contributed by atoms with van der Waals surface area (Å²) in [4.78, 5) is 11.9. The zero-order valence-corrected chi connectivity index (χ0v) is 12.7. The van der Waals surface area contributed by atoms with Gasteiger partial charge in [0.2, 0.25) is 5.91 Å². The summed E-state index contributed by atoms with van der Waals surface area (Å²) in [6.07, 6.45) is 1.81. The van der Waals surface area contributed by atoms with Crippen molar-refractivity contribution in [2.45, 2.75) is 65.7 Å². The molecule has 108 valence electrons. The average molecular weight is 267 g/mol. The first-order chi connectivity index (χ1) is 8.69. The first-order valence-electron chi connectivity index (χ1n) is 6.65. The summed E-state index contributed by atoms with van der Waals surface area (Å²) >= 11 is 0. The number of carbonyl (C=O) groups is 1. The van der Waals surface area contributed by atoms with Gasteiger partial charge in [-0.05, 0) is 41.5 Å². The largest absolute Gasteiger partial charge is 0.352 e. The quantitative estimate of drug-likeness (QED) is 0.842. The molecule has 0 bridgehead atoms. The molecule has 1 rings (SSSR count). The zero-order valence-electron chi connectivity index (χ0n) is 12.7. The van der Waals surface area contributed by atoms with Crippen LogP contribution in [0.15, 0.2) is 6.20 Å². The maximum atomic E-state index is 11.9. The van der Waals surface area contributed by atoms with Crippen LogP contribution in [-0.2, 0) is 11.3 Å². The number of rotatable bonds is 5. The number of hydrogen-bond donors (Lipinski definition) is 2. The van der Waals surface area contributed by atoms with Crippen molar-refractivity contribution in [2.75, 3.05) is 0 Å². The minimum absolute atomic E-state index is 0.0322. The van der Waals surface area contributed by atoms with Crippen molar-refractivity contribution in [3.63, 3.8) is 0 Å². The fraction of sp³-hybridized carbons (Fsp3) is 0.769. The third-order valence-electron chi connectivity index (χ3n) is 2.56. The molecule has 0 radical (unpaired) electrons. The molecule has 1 aromatic rings. The molecule has 1 heterocycles. The van der Waals surface area contributed by atoms with Crippen molar-refractivity contribution < 1.29 is 4.79 Å². The third kappa shape index (κ3) is 5.38. The van der Waals surface area contributed by atoms with Crippen molar-refractivity contribution in [1.29, 1.82) is 0 Å². The first-order valence-corrected chi connectivity index (χ1v) is 6.65. The van der Waals surface area contributed by atoms with Gasteiger partial charge in [-0.25, -0.2) is 4.68 Å². The van der Waals surface area contributed by atoms with Gasteiger partial charge in [0.1, 0.15) is 6.04 Å². The minimum Gasteiger partial charge on any atom is -0.352 e. The monoisotopic (exact) mass is 267 g/mol. The van der Waals surface area contributed by atoms with Crippen LogP contribution in [0.4, 0.5) is 0 Å². The molecule has 6 nitrogen and oxygen atoms in total. The van der Waals surface area contributed by atoms with Gasteiger partial charge in [-0.3, -0.25) is 4.79 Å². The molecule has 0 saturated carbocycles. The molecule has 1 amide bonds. The van der Waals surface area contributed by atoms with E-state index in [1.54, 1.807) is 4.68 Å². The summed E-state index contributed by atoms with van der Waals surface area (Å²) in [5, 5.41) is 14.3. The lowest BCUT2D eigenvalue weighted by Crippen LogP contribution is -2.36. The Bertz CT molecular complexity index is 419. The van der Waals surface area contributed by atoms with Gasteiger partial charge in [0, 0.05) is 18.1 Å². The van der Waals surface area contributed by atoms with Crippen LogP contribution >= 0.6 is 0 Å². The number of nitrogens with zero attached hydrogens (tertiary/aromatic N) is 3. The van der Waals surface area contributed by atoms with E-state index in [-0.39, 0.29) is 23.5 Å². The van der Waals surface area contributed by atoms with Crippen LogP contribution < -0.4 is 10.6 Å². The molecule has 2 N–H and O–H groups in total. The molecule has 0 saturated heterocycles. The van der Waals surface area contributed by atoms with Crippen molar-refractivity contribution in [2.24, 2.45) is 0 Å². The molecular formula is C13H25N5O. The van der Waals surface area contributed by atoms with E-state index in [1.807, 2.05) is 27.0 Å². The topological polar surface area (TPSA) is 71.8 Å². The van der Waals surface area contributed by atoms with Gasteiger partial charge in [0.15, 0.2) is 0 Å². The SMILES string of the molecule is CC(C)NC(=O)C(C)n1cc(CNC(C)(C)C)nn1. The van der Waals surface area contributed by atoms with Crippen molar-refractivity contribution in [1.82, 2.24) is 25.6 Å². The highest BCUT2D eigenvalue weighted by Crippen LogP contribution is 2.07. The van der Waals surface area contributed by atoms with Crippen LogP contribution in [0.5, 0.6) is 0 Å². The number of amides is 1. The lowest BCUT2D eigenvalue weighted by molar-refractivity contribution is -0.124. The fourth-order valence-electron chi connectivity index (χ4n) is 1.46. The molecule has 0 aromatic carbocycles. The summed E-state index contributed by atoms with van der Waals surface area (Å²) in [5.74, 6) is -0.0461. The van der Waals surface area contributed by atoms with Gasteiger partial charge < -0.3 is 10.6 Å². The normalized spacial score (nSPS) is 13.6. The molecule has 6 heteroatoms. The maximum absolute atomic E-state index is 11.9. The smallest absolute Gasteiger partial charge is 0.244 e. The van der Waals surface area contributed by atoms with Crippen LogP contribution in [-0.4, -0.2) is 32.5 Å². The van der Waals surface area contributed by atoms with Gasteiger partial charge in [-0.15, -0.1) is 5.10 Å².